The number of aromatic nitrogens is 1. The van der Waals surface area contributed by atoms with E-state index in [2.05, 4.69) is 10.3 Å². The van der Waals surface area contributed by atoms with E-state index in [1.165, 1.54) is 12.8 Å². The van der Waals surface area contributed by atoms with Crippen molar-refractivity contribution < 1.29 is 14.2 Å². The first-order chi connectivity index (χ1) is 10.0. The van der Waals surface area contributed by atoms with Crippen LogP contribution in [0.3, 0.4) is 0 Å². The first kappa shape index (κ1) is 14.1. The summed E-state index contributed by atoms with van der Waals surface area (Å²) in [6.07, 6.45) is 2.43. The molecule has 1 amide bonds. The van der Waals surface area contributed by atoms with Crippen molar-refractivity contribution in [2.45, 2.75) is 51.7 Å². The number of carbonyl (C=O) groups excluding carboxylic acids is 1. The normalized spacial score (nSPS) is 21.3. The summed E-state index contributed by atoms with van der Waals surface area (Å²) in [5.74, 6) is 1.72. The Hall–Kier alpha value is -1.85. The van der Waals surface area contributed by atoms with Gasteiger partial charge in [0.1, 0.15) is 11.5 Å². The Labute approximate surface area is 124 Å². The van der Waals surface area contributed by atoms with Crippen LogP contribution in [0.15, 0.2) is 15.7 Å². The van der Waals surface area contributed by atoms with E-state index < -0.39 is 6.10 Å². The molecular weight excluding hydrogens is 270 g/mol. The van der Waals surface area contributed by atoms with Crippen LogP contribution in [0.1, 0.15) is 50.5 Å². The van der Waals surface area contributed by atoms with Crippen molar-refractivity contribution in [2.24, 2.45) is 11.1 Å². The van der Waals surface area contributed by atoms with Crippen LogP contribution >= 0.6 is 0 Å². The molecule has 6 nitrogen and oxygen atoms in total. The zero-order chi connectivity index (χ0) is 15.0. The van der Waals surface area contributed by atoms with E-state index in [0.717, 1.165) is 17.2 Å². The lowest BCUT2D eigenvalue weighted by atomic mass is 10.0. The SMILES string of the molecule is CC(C)C1=NOC(C(=O)N(C)Cc2cc(C3CC3)on2)C1. The fraction of sp³-hybridized carbons (Fsp3) is 0.667. The minimum Gasteiger partial charge on any atom is -0.382 e. The molecule has 114 valence electrons. The molecular formula is C15H21N3O3. The summed E-state index contributed by atoms with van der Waals surface area (Å²) in [5, 5.41) is 8.03. The Bertz CT molecular complexity index is 560. The molecule has 1 atom stereocenters. The molecule has 1 aromatic heterocycles. The van der Waals surface area contributed by atoms with Gasteiger partial charge < -0.3 is 14.3 Å². The first-order valence-corrected chi connectivity index (χ1v) is 7.47. The largest absolute Gasteiger partial charge is 0.382 e. The van der Waals surface area contributed by atoms with Crippen LogP contribution in [0.5, 0.6) is 0 Å². The van der Waals surface area contributed by atoms with Gasteiger partial charge in [-0.25, -0.2) is 0 Å². The quantitative estimate of drug-likeness (QED) is 0.835. The van der Waals surface area contributed by atoms with Crippen LogP contribution < -0.4 is 0 Å². The molecule has 1 aromatic rings. The van der Waals surface area contributed by atoms with Crippen molar-refractivity contribution in [1.29, 1.82) is 0 Å². The van der Waals surface area contributed by atoms with E-state index in [1.54, 1.807) is 11.9 Å². The van der Waals surface area contributed by atoms with Gasteiger partial charge in [-0.2, -0.15) is 0 Å². The molecule has 2 aliphatic rings. The number of likely N-dealkylation sites (N-methyl/N-ethyl adjacent to an activating group) is 1. The lowest BCUT2D eigenvalue weighted by Gasteiger charge is -2.18. The van der Waals surface area contributed by atoms with Gasteiger partial charge >= 0.3 is 0 Å². The maximum absolute atomic E-state index is 12.3. The minimum atomic E-state index is -0.498. The van der Waals surface area contributed by atoms with Crippen LogP contribution in [-0.2, 0) is 16.2 Å². The van der Waals surface area contributed by atoms with E-state index in [0.29, 0.717) is 24.8 Å². The summed E-state index contributed by atoms with van der Waals surface area (Å²) >= 11 is 0. The Morgan fingerprint density at radius 3 is 2.86 bits per heavy atom. The van der Waals surface area contributed by atoms with Gasteiger partial charge in [-0.3, -0.25) is 4.79 Å². The summed E-state index contributed by atoms with van der Waals surface area (Å²) in [7, 11) is 1.75. The predicted molar refractivity (Wildman–Crippen MR) is 76.7 cm³/mol. The monoisotopic (exact) mass is 291 g/mol. The smallest absolute Gasteiger partial charge is 0.266 e. The number of oxime groups is 1. The number of carbonyl (C=O) groups is 1. The van der Waals surface area contributed by atoms with E-state index in [1.807, 2.05) is 19.9 Å². The molecule has 3 rings (SSSR count). The summed E-state index contributed by atoms with van der Waals surface area (Å²) in [6.45, 7) is 4.53. The van der Waals surface area contributed by atoms with Crippen LogP contribution in [0.4, 0.5) is 0 Å². The van der Waals surface area contributed by atoms with Gasteiger partial charge in [0, 0.05) is 25.5 Å². The molecule has 0 spiro atoms. The highest BCUT2D eigenvalue weighted by Gasteiger charge is 2.32. The fourth-order valence-electron chi connectivity index (χ4n) is 2.40. The molecule has 6 heteroatoms. The second kappa shape index (κ2) is 5.50. The van der Waals surface area contributed by atoms with Crippen LogP contribution in [0.2, 0.25) is 0 Å². The van der Waals surface area contributed by atoms with Gasteiger partial charge in [0.15, 0.2) is 0 Å². The third-order valence-electron chi connectivity index (χ3n) is 3.97. The highest BCUT2D eigenvalue weighted by molar-refractivity contribution is 5.93. The van der Waals surface area contributed by atoms with Crippen molar-refractivity contribution >= 4 is 11.6 Å². The average Bonchev–Trinajstić information content (AvgIpc) is 3.01. The van der Waals surface area contributed by atoms with E-state index >= 15 is 0 Å². The van der Waals surface area contributed by atoms with E-state index in [-0.39, 0.29) is 5.91 Å². The van der Waals surface area contributed by atoms with Crippen molar-refractivity contribution in [2.75, 3.05) is 7.05 Å². The lowest BCUT2D eigenvalue weighted by molar-refractivity contribution is -0.141. The Kier molecular flexibility index (Phi) is 3.69. The molecule has 1 aliphatic heterocycles. The number of hydrogen-bond donors (Lipinski definition) is 0. The first-order valence-electron chi connectivity index (χ1n) is 7.47. The second-order valence-corrected chi connectivity index (χ2v) is 6.22. The van der Waals surface area contributed by atoms with Gasteiger partial charge in [-0.1, -0.05) is 24.2 Å². The average molecular weight is 291 g/mol. The zero-order valence-electron chi connectivity index (χ0n) is 12.7. The van der Waals surface area contributed by atoms with E-state index in [4.69, 9.17) is 9.36 Å². The van der Waals surface area contributed by atoms with Crippen LogP contribution in [0.25, 0.3) is 0 Å². The Morgan fingerprint density at radius 1 is 1.48 bits per heavy atom. The van der Waals surface area contributed by atoms with Crippen molar-refractivity contribution in [3.63, 3.8) is 0 Å². The van der Waals surface area contributed by atoms with Crippen LogP contribution in [-0.4, -0.2) is 34.8 Å². The molecule has 0 N–H and O–H groups in total. The molecule has 0 bridgehead atoms. The predicted octanol–water partition coefficient (Wildman–Crippen LogP) is 2.31. The van der Waals surface area contributed by atoms with Gasteiger partial charge in [0.2, 0.25) is 6.10 Å². The minimum absolute atomic E-state index is 0.0645. The summed E-state index contributed by atoms with van der Waals surface area (Å²) in [6, 6.07) is 1.95. The molecule has 1 saturated carbocycles. The standard InChI is InChI=1S/C15H21N3O3/c1-9(2)12-7-14(21-17-12)15(19)18(3)8-11-6-13(20-16-11)10-4-5-10/h6,9-10,14H,4-5,7-8H2,1-3H3. The molecule has 2 heterocycles. The third kappa shape index (κ3) is 3.09. The van der Waals surface area contributed by atoms with Gasteiger partial charge in [0.25, 0.3) is 5.91 Å². The van der Waals surface area contributed by atoms with Crippen molar-refractivity contribution in [3.05, 3.63) is 17.5 Å². The zero-order valence-corrected chi connectivity index (χ0v) is 12.7. The highest BCUT2D eigenvalue weighted by atomic mass is 16.6. The van der Waals surface area contributed by atoms with Gasteiger partial charge in [-0.15, -0.1) is 0 Å². The number of hydrogen-bond acceptors (Lipinski definition) is 5. The Balaban J connectivity index is 1.55. The number of nitrogens with zero attached hydrogens (tertiary/aromatic N) is 3. The molecule has 1 fully saturated rings. The Morgan fingerprint density at radius 2 is 2.24 bits per heavy atom. The summed E-state index contributed by atoms with van der Waals surface area (Å²) < 4.78 is 5.30. The van der Waals surface area contributed by atoms with Crippen molar-refractivity contribution in [3.8, 4) is 0 Å². The maximum Gasteiger partial charge on any atom is 0.266 e. The fourth-order valence-corrected chi connectivity index (χ4v) is 2.40. The van der Waals surface area contributed by atoms with Crippen LogP contribution in [0, 0.1) is 5.92 Å². The summed E-state index contributed by atoms with van der Waals surface area (Å²) in [5.41, 5.74) is 1.73. The molecule has 21 heavy (non-hydrogen) atoms. The highest BCUT2D eigenvalue weighted by Crippen LogP contribution is 2.40. The molecule has 0 aromatic carbocycles. The molecule has 1 aliphatic carbocycles. The molecule has 0 saturated heterocycles. The number of rotatable bonds is 5. The maximum atomic E-state index is 12.3. The number of amides is 1. The van der Waals surface area contributed by atoms with E-state index in [9.17, 15) is 4.79 Å². The van der Waals surface area contributed by atoms with Gasteiger partial charge in [0.05, 0.1) is 12.3 Å². The van der Waals surface area contributed by atoms with Crippen molar-refractivity contribution in [1.82, 2.24) is 10.1 Å². The topological polar surface area (TPSA) is 67.9 Å². The molecule has 0 radical (unpaired) electrons. The third-order valence-corrected chi connectivity index (χ3v) is 3.97. The summed E-state index contributed by atoms with van der Waals surface area (Å²) in [4.78, 5) is 19.2. The second-order valence-electron chi connectivity index (χ2n) is 6.22. The molecule has 1 unspecified atom stereocenters. The lowest BCUT2D eigenvalue weighted by Crippen LogP contribution is -2.36. The van der Waals surface area contributed by atoms with Gasteiger partial charge in [-0.05, 0) is 18.8 Å².